The number of nitrogen functional groups attached to an aromatic ring is 1. The molecule has 0 unspecified atom stereocenters. The van der Waals surface area contributed by atoms with E-state index in [0.717, 1.165) is 6.07 Å². The second-order valence-electron chi connectivity index (χ2n) is 5.48. The Morgan fingerprint density at radius 3 is 2.35 bits per heavy atom. The molecule has 26 heavy (non-hydrogen) atoms. The van der Waals surface area contributed by atoms with Crippen molar-refractivity contribution < 1.29 is 17.6 Å². The molecule has 2 N–H and O–H groups in total. The summed E-state index contributed by atoms with van der Waals surface area (Å²) in [4.78, 5) is 4.04. The van der Waals surface area contributed by atoms with E-state index in [2.05, 4.69) is 4.98 Å². The van der Waals surface area contributed by atoms with Crippen LogP contribution in [-0.2, 0) is 6.18 Å². The van der Waals surface area contributed by atoms with Gasteiger partial charge >= 0.3 is 6.18 Å². The minimum absolute atomic E-state index is 0.00723. The molecule has 0 saturated heterocycles. The Bertz CT molecular complexity index is 1020. The van der Waals surface area contributed by atoms with E-state index < -0.39 is 17.6 Å². The molecule has 3 nitrogen and oxygen atoms in total. The van der Waals surface area contributed by atoms with Gasteiger partial charge < -0.3 is 5.73 Å². The zero-order chi connectivity index (χ0) is 18.9. The molecule has 0 amide bonds. The molecule has 0 aliphatic carbocycles. The van der Waals surface area contributed by atoms with Crippen LogP contribution in [0.15, 0.2) is 54.6 Å². The van der Waals surface area contributed by atoms with Gasteiger partial charge in [0.1, 0.15) is 23.3 Å². The normalized spacial score (nSPS) is 11.2. The average Bonchev–Trinajstić information content (AvgIpc) is 2.60. The minimum atomic E-state index is -4.61. The number of benzene rings is 2. The summed E-state index contributed by atoms with van der Waals surface area (Å²) in [5.74, 6) is -0.745. The topological polar surface area (TPSA) is 62.7 Å². The van der Waals surface area contributed by atoms with Crippen LogP contribution in [0.4, 0.5) is 23.4 Å². The third-order valence-electron chi connectivity index (χ3n) is 3.80. The van der Waals surface area contributed by atoms with Gasteiger partial charge in [-0.3, -0.25) is 0 Å². The molecular weight excluding hydrogens is 346 g/mol. The van der Waals surface area contributed by atoms with Gasteiger partial charge in [-0.1, -0.05) is 30.3 Å². The summed E-state index contributed by atoms with van der Waals surface area (Å²) in [7, 11) is 0. The van der Waals surface area contributed by atoms with Gasteiger partial charge in [-0.15, -0.1) is 0 Å². The Kier molecular flexibility index (Phi) is 4.34. The van der Waals surface area contributed by atoms with E-state index in [1.807, 2.05) is 0 Å². The maximum Gasteiger partial charge on any atom is 0.417 e. The minimum Gasteiger partial charge on any atom is -0.383 e. The predicted octanol–water partition coefficient (Wildman–Crippen LogP) is 5.03. The van der Waals surface area contributed by atoms with Crippen molar-refractivity contribution in [1.29, 1.82) is 5.26 Å². The highest BCUT2D eigenvalue weighted by atomic mass is 19.4. The van der Waals surface area contributed by atoms with Crippen molar-refractivity contribution in [3.63, 3.8) is 0 Å². The van der Waals surface area contributed by atoms with E-state index in [9.17, 15) is 22.8 Å². The zero-order valence-corrected chi connectivity index (χ0v) is 13.2. The van der Waals surface area contributed by atoms with Gasteiger partial charge in [-0.05, 0) is 29.8 Å². The molecule has 1 heterocycles. The fourth-order valence-corrected chi connectivity index (χ4v) is 2.66. The highest BCUT2D eigenvalue weighted by Crippen LogP contribution is 2.40. The monoisotopic (exact) mass is 357 g/mol. The van der Waals surface area contributed by atoms with Gasteiger partial charge in [0.15, 0.2) is 0 Å². The van der Waals surface area contributed by atoms with Crippen LogP contribution < -0.4 is 5.73 Å². The van der Waals surface area contributed by atoms with Crippen molar-refractivity contribution in [2.24, 2.45) is 0 Å². The number of anilines is 1. The van der Waals surface area contributed by atoms with Crippen LogP contribution in [0.25, 0.3) is 22.4 Å². The summed E-state index contributed by atoms with van der Waals surface area (Å²) >= 11 is 0. The Balaban J connectivity index is 2.31. The lowest BCUT2D eigenvalue weighted by molar-refractivity contribution is -0.137. The first-order valence-corrected chi connectivity index (χ1v) is 7.44. The third kappa shape index (κ3) is 3.22. The van der Waals surface area contributed by atoms with Gasteiger partial charge in [0.2, 0.25) is 0 Å². The lowest BCUT2D eigenvalue weighted by atomic mass is 9.94. The standard InChI is InChI=1S/C19H11F4N3/c20-12-5-3-4-11(8-12)17-9-14(15(10-24)18(25)26-17)13-6-1-2-7-16(13)19(21,22)23/h1-9H,(H2,25,26). The van der Waals surface area contributed by atoms with Crippen molar-refractivity contribution in [1.82, 2.24) is 4.98 Å². The van der Waals surface area contributed by atoms with E-state index in [1.54, 1.807) is 12.1 Å². The van der Waals surface area contributed by atoms with Crippen molar-refractivity contribution in [2.75, 3.05) is 5.73 Å². The van der Waals surface area contributed by atoms with Gasteiger partial charge in [0.05, 0.1) is 11.3 Å². The highest BCUT2D eigenvalue weighted by molar-refractivity contribution is 5.81. The molecule has 2 aromatic carbocycles. The molecule has 1 aromatic heterocycles. The molecule has 0 bridgehead atoms. The zero-order valence-electron chi connectivity index (χ0n) is 13.2. The fraction of sp³-hybridized carbons (Fsp3) is 0.0526. The second-order valence-corrected chi connectivity index (χ2v) is 5.48. The third-order valence-corrected chi connectivity index (χ3v) is 3.80. The number of aromatic nitrogens is 1. The number of pyridine rings is 1. The Morgan fingerprint density at radius 2 is 1.69 bits per heavy atom. The smallest absolute Gasteiger partial charge is 0.383 e. The molecule has 0 fully saturated rings. The molecule has 3 aromatic rings. The molecule has 0 atom stereocenters. The molecule has 130 valence electrons. The SMILES string of the molecule is N#Cc1c(-c2ccccc2C(F)(F)F)cc(-c2cccc(F)c2)nc1N. The lowest BCUT2D eigenvalue weighted by Gasteiger charge is -2.15. The van der Waals surface area contributed by atoms with Gasteiger partial charge in [0, 0.05) is 11.1 Å². The number of hydrogen-bond donors (Lipinski definition) is 1. The predicted molar refractivity (Wildman–Crippen MR) is 89.2 cm³/mol. The molecule has 0 spiro atoms. The molecule has 7 heteroatoms. The van der Waals surface area contributed by atoms with E-state index in [-0.39, 0.29) is 28.2 Å². The van der Waals surface area contributed by atoms with E-state index in [4.69, 9.17) is 5.73 Å². The number of alkyl halides is 3. The molecule has 0 radical (unpaired) electrons. The summed E-state index contributed by atoms with van der Waals surface area (Å²) in [5.41, 5.74) is 5.05. The number of hydrogen-bond acceptors (Lipinski definition) is 3. The van der Waals surface area contributed by atoms with Crippen LogP contribution >= 0.6 is 0 Å². The van der Waals surface area contributed by atoms with E-state index >= 15 is 0 Å². The van der Waals surface area contributed by atoms with Gasteiger partial charge in [-0.25, -0.2) is 9.37 Å². The summed E-state index contributed by atoms with van der Waals surface area (Å²) in [6.07, 6.45) is -4.61. The Morgan fingerprint density at radius 1 is 0.962 bits per heavy atom. The molecule has 3 rings (SSSR count). The molecule has 0 aliphatic rings. The molecular formula is C19H11F4N3. The van der Waals surface area contributed by atoms with Crippen LogP contribution in [0, 0.1) is 17.1 Å². The first-order valence-electron chi connectivity index (χ1n) is 7.44. The first kappa shape index (κ1) is 17.4. The van der Waals surface area contributed by atoms with Crippen LogP contribution in [0.5, 0.6) is 0 Å². The maximum absolute atomic E-state index is 13.5. The Hall–Kier alpha value is -3.40. The summed E-state index contributed by atoms with van der Waals surface area (Å²) < 4.78 is 53.6. The largest absolute Gasteiger partial charge is 0.417 e. The quantitative estimate of drug-likeness (QED) is 0.655. The Labute approximate surface area is 146 Å². The summed E-state index contributed by atoms with van der Waals surface area (Å²) in [6.45, 7) is 0. The van der Waals surface area contributed by atoms with Crippen LogP contribution in [0.2, 0.25) is 0 Å². The lowest BCUT2D eigenvalue weighted by Crippen LogP contribution is -2.08. The average molecular weight is 357 g/mol. The van der Waals surface area contributed by atoms with Crippen molar-refractivity contribution in [2.45, 2.75) is 6.18 Å². The highest BCUT2D eigenvalue weighted by Gasteiger charge is 2.34. The molecule has 0 saturated carbocycles. The van der Waals surface area contributed by atoms with Gasteiger partial charge in [-0.2, -0.15) is 18.4 Å². The van der Waals surface area contributed by atoms with Crippen molar-refractivity contribution in [3.05, 3.63) is 71.5 Å². The van der Waals surface area contributed by atoms with Crippen molar-refractivity contribution in [3.8, 4) is 28.5 Å². The fourth-order valence-electron chi connectivity index (χ4n) is 2.66. The van der Waals surface area contributed by atoms with Gasteiger partial charge in [0.25, 0.3) is 0 Å². The summed E-state index contributed by atoms with van der Waals surface area (Å²) in [5, 5.41) is 9.35. The van der Waals surface area contributed by atoms with E-state index in [0.29, 0.717) is 5.56 Å². The number of nitrogens with two attached hydrogens (primary N) is 1. The van der Waals surface area contributed by atoms with Crippen LogP contribution in [-0.4, -0.2) is 4.98 Å². The number of rotatable bonds is 2. The van der Waals surface area contributed by atoms with Crippen molar-refractivity contribution >= 4 is 5.82 Å². The maximum atomic E-state index is 13.5. The second kappa shape index (κ2) is 6.48. The van der Waals surface area contributed by atoms with E-state index in [1.165, 1.54) is 42.5 Å². The molecule has 0 aliphatic heterocycles. The first-order chi connectivity index (χ1) is 12.3. The number of halogens is 4. The summed E-state index contributed by atoms with van der Waals surface area (Å²) in [6, 6.07) is 13.4. The number of nitrogens with zero attached hydrogens (tertiary/aromatic N) is 2. The van der Waals surface area contributed by atoms with Crippen LogP contribution in [0.1, 0.15) is 11.1 Å². The van der Waals surface area contributed by atoms with Crippen LogP contribution in [0.3, 0.4) is 0 Å². The number of nitriles is 1.